The van der Waals surface area contributed by atoms with Crippen LogP contribution in [-0.4, -0.2) is 51.2 Å². The number of hydrogen-bond acceptors (Lipinski definition) is 8. The second-order valence-electron chi connectivity index (χ2n) is 22.8. The summed E-state index contributed by atoms with van der Waals surface area (Å²) in [4.78, 5) is 40.9. The van der Waals surface area contributed by atoms with Crippen LogP contribution in [0.1, 0.15) is 387 Å². The van der Waals surface area contributed by atoms with E-state index >= 15 is 0 Å². The Labute approximate surface area is 549 Å². The summed E-state index contributed by atoms with van der Waals surface area (Å²) < 4.78 is 0. The number of carbonyl (C=O) groups is 4. The third-order valence-corrected chi connectivity index (χ3v) is 14.6. The van der Waals surface area contributed by atoms with E-state index in [1.54, 1.807) is 0 Å². The Morgan fingerprint density at radius 3 is 0.439 bits per heavy atom. The van der Waals surface area contributed by atoms with Crippen molar-refractivity contribution in [2.45, 2.75) is 387 Å². The molecule has 0 saturated heterocycles. The number of hydrogen-bond donors (Lipinski definition) is 0. The van der Waals surface area contributed by atoms with Crippen LogP contribution in [-0.2, 0) is 46.5 Å². The van der Waals surface area contributed by atoms with Crippen LogP contribution >= 0.6 is 0 Å². The summed E-state index contributed by atoms with van der Waals surface area (Å²) in [5.74, 6) is -3.66. The largest absolute Gasteiger partial charge is 2.00 e. The van der Waals surface area contributed by atoms with Crippen molar-refractivity contribution in [1.82, 2.24) is 0 Å². The Morgan fingerprint density at radius 1 is 0.207 bits per heavy atom. The third kappa shape index (κ3) is 107. The molecule has 0 aromatic carbocycles. The minimum absolute atomic E-state index is 0. The van der Waals surface area contributed by atoms with Crippen LogP contribution in [0.15, 0.2) is 48.6 Å². The first-order chi connectivity index (χ1) is 39.1. The van der Waals surface area contributed by atoms with E-state index in [1.807, 2.05) is 0 Å². The van der Waals surface area contributed by atoms with Gasteiger partial charge in [0.25, 0.3) is 0 Å². The minimum Gasteiger partial charge on any atom is -0.550 e. The van der Waals surface area contributed by atoms with Crippen molar-refractivity contribution in [2.75, 3.05) is 0 Å². The van der Waals surface area contributed by atoms with E-state index in [2.05, 4.69) is 76.3 Å². The number of carboxylic acid groups (broad SMARTS) is 4. The molecule has 0 atom stereocenters. The van der Waals surface area contributed by atoms with E-state index in [0.717, 1.165) is 77.0 Å². The van der Waals surface area contributed by atoms with E-state index in [1.165, 1.54) is 257 Å². The van der Waals surface area contributed by atoms with Crippen LogP contribution in [0.25, 0.3) is 0 Å². The first-order valence-electron chi connectivity index (χ1n) is 34.5. The van der Waals surface area contributed by atoms with Gasteiger partial charge in [-0.2, -0.15) is 0 Å². The molecular weight excluding hydrogens is 1310 g/mol. The smallest absolute Gasteiger partial charge is 0.550 e. The van der Waals surface area contributed by atoms with Gasteiger partial charge >= 0.3 is 54.6 Å². The molecule has 0 aliphatic rings. The van der Waals surface area contributed by atoms with E-state index in [9.17, 15) is 39.6 Å². The molecule has 0 spiro atoms. The summed E-state index contributed by atoms with van der Waals surface area (Å²) in [6.07, 6.45) is 83.6. The first-order valence-corrected chi connectivity index (χ1v) is 34.5. The Kier molecular flexibility index (Phi) is 99.1. The molecule has 0 unspecified atom stereocenters. The predicted molar refractivity (Wildman–Crippen MR) is 344 cm³/mol. The average Bonchev–Trinajstić information content (AvgIpc) is 3.43. The Morgan fingerprint density at radius 2 is 0.317 bits per heavy atom. The normalized spacial score (nSPS) is 11.0. The molecular formula is C72H132CdO8Pb. The molecule has 0 aromatic heterocycles. The van der Waals surface area contributed by atoms with Crippen molar-refractivity contribution < 1.29 is 66.9 Å². The van der Waals surface area contributed by atoms with E-state index < -0.39 is 23.9 Å². The summed E-state index contributed by atoms with van der Waals surface area (Å²) in [6, 6.07) is 0. The second-order valence-corrected chi connectivity index (χ2v) is 22.8. The topological polar surface area (TPSA) is 161 Å². The van der Waals surface area contributed by atoms with Gasteiger partial charge in [-0.25, -0.2) is 0 Å². The maximum Gasteiger partial charge on any atom is 2.00 e. The molecule has 0 aliphatic carbocycles. The van der Waals surface area contributed by atoms with Crippen molar-refractivity contribution in [3.63, 3.8) is 0 Å². The van der Waals surface area contributed by atoms with Crippen LogP contribution in [0.5, 0.6) is 0 Å². The van der Waals surface area contributed by atoms with Crippen molar-refractivity contribution >= 4 is 51.2 Å². The first kappa shape index (κ1) is 91.8. The van der Waals surface area contributed by atoms with E-state index in [4.69, 9.17) is 0 Å². The predicted octanol–water partition coefficient (Wildman–Crippen LogP) is 18.7. The molecule has 82 heavy (non-hydrogen) atoms. The Bertz CT molecular complexity index is 1150. The molecule has 0 fully saturated rings. The van der Waals surface area contributed by atoms with Crippen molar-refractivity contribution in [2.24, 2.45) is 0 Å². The quantitative estimate of drug-likeness (QED) is 0.0330. The van der Waals surface area contributed by atoms with Crippen molar-refractivity contribution in [3.05, 3.63) is 48.6 Å². The second kappa shape index (κ2) is 88.4. The van der Waals surface area contributed by atoms with Gasteiger partial charge in [0.15, 0.2) is 0 Å². The zero-order valence-corrected chi connectivity index (χ0v) is 62.6. The molecule has 0 amide bonds. The van der Waals surface area contributed by atoms with Crippen LogP contribution < -0.4 is 20.4 Å². The third-order valence-electron chi connectivity index (χ3n) is 14.6. The standard InChI is InChI=1S/4C18H34O2.Cd.Pb/c4*1-2-3-4-5-6-7-8-9-10-11-12-13-14-15-16-17-18(19)20;;/h4*9-10H,2-8,11-17H2,1H3,(H,19,20);;/q;;;;2*+2/p-4. The number of aliphatic carboxylic acids is 4. The number of rotatable bonds is 60. The van der Waals surface area contributed by atoms with Gasteiger partial charge < -0.3 is 39.6 Å². The molecule has 474 valence electrons. The van der Waals surface area contributed by atoms with Crippen LogP contribution in [0.4, 0.5) is 0 Å². The SMILES string of the molecule is CCCCCCCCC=CCCCCCCCC(=O)[O-].CCCCCCCCC=CCCCCCCCC(=O)[O-].CCCCCCCCC=CCCCCCCCC(=O)[O-].CCCCCCCCC=CCCCCCCCC(=O)[O-].[Cd+2].[Pb+2]. The number of carbonyl (C=O) groups excluding carboxylic acids is 4. The summed E-state index contributed by atoms with van der Waals surface area (Å²) >= 11 is 0. The fourth-order valence-corrected chi connectivity index (χ4v) is 9.36. The molecule has 0 saturated carbocycles. The summed E-state index contributed by atoms with van der Waals surface area (Å²) in [7, 11) is 0. The number of allylic oxidation sites excluding steroid dienone is 8. The van der Waals surface area contributed by atoms with Gasteiger partial charge in [-0.3, -0.25) is 0 Å². The summed E-state index contributed by atoms with van der Waals surface area (Å²) in [5, 5.41) is 40.9. The van der Waals surface area contributed by atoms with E-state index in [-0.39, 0.29) is 80.3 Å². The Balaban J connectivity index is -0.000000233. The number of carboxylic acids is 4. The van der Waals surface area contributed by atoms with E-state index in [0.29, 0.717) is 0 Å². The van der Waals surface area contributed by atoms with Crippen molar-refractivity contribution in [1.29, 1.82) is 0 Å². The van der Waals surface area contributed by atoms with Gasteiger partial charge in [0.2, 0.25) is 0 Å². The monoisotopic (exact) mass is 1450 g/mol. The maximum absolute atomic E-state index is 10.2. The van der Waals surface area contributed by atoms with Gasteiger partial charge in [-0.15, -0.1) is 0 Å². The average molecular weight is 1450 g/mol. The molecule has 8 nitrogen and oxygen atoms in total. The zero-order valence-electron chi connectivity index (χ0n) is 54.7. The molecule has 0 bridgehead atoms. The van der Waals surface area contributed by atoms with Gasteiger partial charge in [0.05, 0.1) is 0 Å². The van der Waals surface area contributed by atoms with Crippen LogP contribution in [0.3, 0.4) is 0 Å². The van der Waals surface area contributed by atoms with Gasteiger partial charge in [0, 0.05) is 23.9 Å². The molecule has 0 rings (SSSR count). The van der Waals surface area contributed by atoms with Crippen molar-refractivity contribution in [3.8, 4) is 0 Å². The molecule has 10 heteroatoms. The maximum atomic E-state index is 10.2. The Hall–Kier alpha value is -1.32. The van der Waals surface area contributed by atoms with Gasteiger partial charge in [-0.05, 0) is 154 Å². The van der Waals surface area contributed by atoms with Crippen LogP contribution in [0, 0.1) is 0 Å². The van der Waals surface area contributed by atoms with Gasteiger partial charge in [-0.1, -0.05) is 282 Å². The molecule has 0 aliphatic heterocycles. The molecule has 2 radical (unpaired) electrons. The molecule has 0 aromatic rings. The van der Waals surface area contributed by atoms with Crippen LogP contribution in [0.2, 0.25) is 0 Å². The summed E-state index contributed by atoms with van der Waals surface area (Å²) in [6.45, 7) is 9.02. The van der Waals surface area contributed by atoms with Gasteiger partial charge in [0.1, 0.15) is 0 Å². The summed E-state index contributed by atoms with van der Waals surface area (Å²) in [5.41, 5.74) is 0. The minimum atomic E-state index is -0.914. The molecule has 0 N–H and O–H groups in total. The number of unbranched alkanes of at least 4 members (excludes halogenated alkanes) is 44. The fraction of sp³-hybridized carbons (Fsp3) is 0.833. The molecule has 0 heterocycles. The fourth-order valence-electron chi connectivity index (χ4n) is 9.36. The zero-order chi connectivity index (χ0) is 59.6.